The summed E-state index contributed by atoms with van der Waals surface area (Å²) in [5.74, 6) is 4.94. The van der Waals surface area contributed by atoms with Crippen LogP contribution in [0.1, 0.15) is 28.2 Å². The van der Waals surface area contributed by atoms with E-state index in [2.05, 4.69) is 56.8 Å². The fourth-order valence-corrected chi connectivity index (χ4v) is 4.53. The van der Waals surface area contributed by atoms with Crippen LogP contribution in [0.3, 0.4) is 0 Å². The van der Waals surface area contributed by atoms with Gasteiger partial charge >= 0.3 is 0 Å². The molecule has 0 saturated carbocycles. The summed E-state index contributed by atoms with van der Waals surface area (Å²) in [7, 11) is 3.83. The lowest BCUT2D eigenvalue weighted by Gasteiger charge is -2.17. The van der Waals surface area contributed by atoms with E-state index in [1.165, 1.54) is 10.4 Å². The summed E-state index contributed by atoms with van der Waals surface area (Å²) in [6, 6.07) is 14.2. The van der Waals surface area contributed by atoms with E-state index in [1.807, 2.05) is 24.3 Å². The second-order valence-corrected chi connectivity index (χ2v) is 9.00. The Hall–Kier alpha value is -4.13. The average molecular weight is 480 g/mol. The summed E-state index contributed by atoms with van der Waals surface area (Å²) in [4.78, 5) is 13.6. The number of likely N-dealkylation sites (N-methyl/N-ethyl adjacent to an activating group) is 1. The fraction of sp³-hybridized carbons (Fsp3) is 0.296. The quantitative estimate of drug-likeness (QED) is 0.309. The maximum Gasteiger partial charge on any atom is 0.204 e. The van der Waals surface area contributed by atoms with E-state index in [0.29, 0.717) is 18.8 Å². The van der Waals surface area contributed by atoms with Crippen LogP contribution in [0, 0.1) is 12.3 Å². The molecule has 0 unspecified atom stereocenters. The largest absolute Gasteiger partial charge is 0.368 e. The monoisotopic (exact) mass is 479 g/mol. The van der Waals surface area contributed by atoms with Crippen molar-refractivity contribution in [3.8, 4) is 34.9 Å². The molecule has 3 N–H and O–H groups in total. The van der Waals surface area contributed by atoms with Gasteiger partial charge in [0.1, 0.15) is 11.6 Å². The maximum atomic E-state index is 5.70. The Labute approximate surface area is 210 Å². The normalized spacial score (nSPS) is 11.9. The van der Waals surface area contributed by atoms with Crippen molar-refractivity contribution in [3.63, 3.8) is 0 Å². The van der Waals surface area contributed by atoms with Crippen molar-refractivity contribution < 1.29 is 0 Å². The van der Waals surface area contributed by atoms with Gasteiger partial charge in [0.15, 0.2) is 0 Å². The highest BCUT2D eigenvalue weighted by molar-refractivity contribution is 5.85. The Morgan fingerprint density at radius 2 is 2.06 bits per heavy atom. The number of aryl methyl sites for hydroxylation is 1. The third-order valence-corrected chi connectivity index (χ3v) is 6.28. The van der Waals surface area contributed by atoms with Gasteiger partial charge in [0.05, 0.1) is 12.7 Å². The Morgan fingerprint density at radius 1 is 1.17 bits per heavy atom. The van der Waals surface area contributed by atoms with Crippen LogP contribution in [-0.4, -0.2) is 68.3 Å². The number of hydrogen-bond acceptors (Lipinski definition) is 8. The van der Waals surface area contributed by atoms with Crippen LogP contribution >= 0.6 is 0 Å². The van der Waals surface area contributed by atoms with E-state index < -0.39 is 0 Å². The summed E-state index contributed by atoms with van der Waals surface area (Å²) in [5.41, 5.74) is 13.0. The first kappa shape index (κ1) is 23.6. The van der Waals surface area contributed by atoms with Gasteiger partial charge in [0.25, 0.3) is 0 Å². The molecular formula is C27H29N9. The van der Waals surface area contributed by atoms with Crippen molar-refractivity contribution in [2.45, 2.75) is 12.8 Å². The van der Waals surface area contributed by atoms with Gasteiger partial charge < -0.3 is 16.0 Å². The molecule has 0 aliphatic heterocycles. The number of terminal acetylenes is 1. The van der Waals surface area contributed by atoms with E-state index in [4.69, 9.17) is 22.1 Å². The van der Waals surface area contributed by atoms with Crippen molar-refractivity contribution >= 4 is 5.82 Å². The Bertz CT molecular complexity index is 1430. The van der Waals surface area contributed by atoms with Gasteiger partial charge in [-0.15, -0.1) is 16.6 Å². The van der Waals surface area contributed by atoms with E-state index >= 15 is 0 Å². The topological polar surface area (TPSA) is 111 Å². The molecule has 0 fully saturated rings. The number of fused-ring (bicyclic) bond motifs is 3. The summed E-state index contributed by atoms with van der Waals surface area (Å²) < 4.78 is 0. The van der Waals surface area contributed by atoms with Crippen molar-refractivity contribution in [3.05, 3.63) is 70.7 Å². The molecule has 2 aromatic heterocycles. The molecule has 0 radical (unpaired) electrons. The summed E-state index contributed by atoms with van der Waals surface area (Å²) >= 11 is 0. The van der Waals surface area contributed by atoms with Gasteiger partial charge in [-0.25, -0.2) is 9.97 Å². The standard InChI is InChI=1S/C27H29N9/c1-4-18-6-5-7-19(14-18)15-24-30-23-17-21-16-20(26-32-34-36(3)33-26)8-9-22(21)25(23)27(31-24)29-11-13-35(2)12-10-28/h1,5-9,14,16H,10-13,15,17,28H2,2-3H3,(H,29,30,31). The molecule has 5 rings (SSSR count). The minimum Gasteiger partial charge on any atom is -0.368 e. The highest BCUT2D eigenvalue weighted by Crippen LogP contribution is 2.41. The zero-order valence-electron chi connectivity index (χ0n) is 20.6. The fourth-order valence-electron chi connectivity index (χ4n) is 4.53. The zero-order chi connectivity index (χ0) is 25.1. The molecule has 9 nitrogen and oxygen atoms in total. The molecule has 2 heterocycles. The molecule has 182 valence electrons. The second-order valence-electron chi connectivity index (χ2n) is 9.00. The van der Waals surface area contributed by atoms with E-state index in [0.717, 1.165) is 71.2 Å². The number of nitrogens with two attached hydrogens (primary N) is 1. The van der Waals surface area contributed by atoms with Crippen LogP contribution in [-0.2, 0) is 19.9 Å². The van der Waals surface area contributed by atoms with Crippen molar-refractivity contribution in [1.29, 1.82) is 0 Å². The Morgan fingerprint density at radius 3 is 2.83 bits per heavy atom. The first-order chi connectivity index (χ1) is 17.5. The molecule has 1 aliphatic carbocycles. The lowest BCUT2D eigenvalue weighted by atomic mass is 10.0. The van der Waals surface area contributed by atoms with E-state index in [1.54, 1.807) is 7.05 Å². The van der Waals surface area contributed by atoms with Crippen molar-refractivity contribution in [2.24, 2.45) is 12.8 Å². The number of aromatic nitrogens is 6. The lowest BCUT2D eigenvalue weighted by molar-refractivity contribution is 0.357. The number of anilines is 1. The summed E-state index contributed by atoms with van der Waals surface area (Å²) in [6.45, 7) is 3.10. The average Bonchev–Trinajstić information content (AvgIpc) is 3.47. The molecule has 4 aromatic rings. The third kappa shape index (κ3) is 4.96. The number of benzene rings is 2. The van der Waals surface area contributed by atoms with E-state index in [9.17, 15) is 0 Å². The highest BCUT2D eigenvalue weighted by Gasteiger charge is 2.26. The van der Waals surface area contributed by atoms with Crippen LogP contribution in [0.2, 0.25) is 0 Å². The molecule has 9 heteroatoms. The minimum atomic E-state index is 0.607. The van der Waals surface area contributed by atoms with Crippen molar-refractivity contribution in [1.82, 2.24) is 35.1 Å². The first-order valence-corrected chi connectivity index (χ1v) is 12.0. The van der Waals surface area contributed by atoms with Gasteiger partial charge in [0, 0.05) is 55.7 Å². The number of tetrazole rings is 1. The van der Waals surface area contributed by atoms with Crippen LogP contribution in [0.5, 0.6) is 0 Å². The second kappa shape index (κ2) is 10.2. The van der Waals surface area contributed by atoms with Crippen LogP contribution in [0.4, 0.5) is 5.82 Å². The van der Waals surface area contributed by atoms with Crippen molar-refractivity contribution in [2.75, 3.05) is 38.5 Å². The maximum absolute atomic E-state index is 5.70. The number of nitrogens with zero attached hydrogens (tertiary/aromatic N) is 7. The molecule has 0 bridgehead atoms. The molecule has 0 saturated heterocycles. The Kier molecular flexibility index (Phi) is 6.71. The predicted molar refractivity (Wildman–Crippen MR) is 140 cm³/mol. The minimum absolute atomic E-state index is 0.607. The molecular weight excluding hydrogens is 450 g/mol. The molecule has 0 spiro atoms. The number of hydrogen-bond donors (Lipinski definition) is 2. The van der Waals surface area contributed by atoms with Gasteiger partial charge in [-0.3, -0.25) is 0 Å². The predicted octanol–water partition coefficient (Wildman–Crippen LogP) is 2.11. The molecule has 0 atom stereocenters. The van der Waals surface area contributed by atoms with Gasteiger partial charge in [0.2, 0.25) is 5.82 Å². The van der Waals surface area contributed by atoms with E-state index in [-0.39, 0.29) is 0 Å². The van der Waals surface area contributed by atoms with Gasteiger partial charge in [-0.05, 0) is 47.2 Å². The lowest BCUT2D eigenvalue weighted by Crippen LogP contribution is -2.30. The molecule has 2 aromatic carbocycles. The smallest absolute Gasteiger partial charge is 0.204 e. The van der Waals surface area contributed by atoms with Crippen LogP contribution in [0.15, 0.2) is 42.5 Å². The van der Waals surface area contributed by atoms with Crippen LogP contribution < -0.4 is 11.1 Å². The SMILES string of the molecule is C#Cc1cccc(Cc2nc3c(c(NCCN(C)CCN)n2)-c2ccc(-c4nnn(C)n4)cc2C3)c1. The molecule has 36 heavy (non-hydrogen) atoms. The number of nitrogens with one attached hydrogen (secondary N) is 1. The number of rotatable bonds is 9. The Balaban J connectivity index is 1.48. The highest BCUT2D eigenvalue weighted by atomic mass is 15.6. The van der Waals surface area contributed by atoms with Gasteiger partial charge in [-0.2, -0.15) is 4.80 Å². The van der Waals surface area contributed by atoms with Gasteiger partial charge in [-0.1, -0.05) is 30.2 Å². The summed E-state index contributed by atoms with van der Waals surface area (Å²) in [5, 5.41) is 16.0. The zero-order valence-corrected chi connectivity index (χ0v) is 20.6. The summed E-state index contributed by atoms with van der Waals surface area (Å²) in [6.07, 6.45) is 6.93. The molecule has 1 aliphatic rings. The third-order valence-electron chi connectivity index (χ3n) is 6.28. The molecule has 0 amide bonds. The van der Waals surface area contributed by atoms with Crippen LogP contribution in [0.25, 0.3) is 22.5 Å². The first-order valence-electron chi connectivity index (χ1n) is 12.0.